The van der Waals surface area contributed by atoms with Crippen LogP contribution >= 0.6 is 0 Å². The van der Waals surface area contributed by atoms with E-state index in [0.29, 0.717) is 32.5 Å². The zero-order chi connectivity index (χ0) is 31.5. The van der Waals surface area contributed by atoms with Gasteiger partial charge in [0.2, 0.25) is 5.91 Å². The molecule has 1 heterocycles. The maximum absolute atomic E-state index is 13.0. The highest BCUT2D eigenvalue weighted by Gasteiger charge is 2.32. The van der Waals surface area contributed by atoms with E-state index in [9.17, 15) is 14.4 Å². The summed E-state index contributed by atoms with van der Waals surface area (Å²) in [5, 5.41) is 8.88. The fourth-order valence-corrected chi connectivity index (χ4v) is 5.91. The zero-order valence-electron chi connectivity index (χ0n) is 28.4. The van der Waals surface area contributed by atoms with E-state index in [1.165, 1.54) is 96.8 Å². The van der Waals surface area contributed by atoms with Gasteiger partial charge in [-0.05, 0) is 46.3 Å². The van der Waals surface area contributed by atoms with Gasteiger partial charge in [-0.15, -0.1) is 0 Å². The lowest BCUT2D eigenvalue weighted by Gasteiger charge is -2.39. The van der Waals surface area contributed by atoms with Crippen molar-refractivity contribution in [2.24, 2.45) is 0 Å². The number of unbranched alkanes of at least 4 members (excludes halogenated alkanes) is 15. The van der Waals surface area contributed by atoms with Crippen LogP contribution in [0.25, 0.3) is 0 Å². The molecule has 9 heteroatoms. The van der Waals surface area contributed by atoms with E-state index in [1.54, 1.807) is 0 Å². The van der Waals surface area contributed by atoms with E-state index >= 15 is 0 Å². The Morgan fingerprint density at radius 1 is 0.767 bits per heavy atom. The van der Waals surface area contributed by atoms with Crippen molar-refractivity contribution >= 4 is 18.0 Å². The van der Waals surface area contributed by atoms with Crippen molar-refractivity contribution in [2.45, 2.75) is 154 Å². The Kier molecular flexibility index (Phi) is 23.9. The summed E-state index contributed by atoms with van der Waals surface area (Å²) in [7, 11) is 4.00. The largest absolute Gasteiger partial charge is 0.449 e. The molecule has 0 aromatic heterocycles. The topological polar surface area (TPSA) is 103 Å². The number of amides is 4. The van der Waals surface area contributed by atoms with Crippen molar-refractivity contribution in [1.82, 2.24) is 25.8 Å². The Balaban J connectivity index is 2.17. The minimum atomic E-state index is -0.424. The number of ether oxygens (including phenoxy) is 1. The third-order valence-electron chi connectivity index (χ3n) is 8.43. The number of rotatable bonds is 25. The third-order valence-corrected chi connectivity index (χ3v) is 8.43. The number of carbonyl (C=O) groups excluding carboxylic acids is 3. The summed E-state index contributed by atoms with van der Waals surface area (Å²) in [4.78, 5) is 40.6. The molecule has 0 spiro atoms. The first-order valence-electron chi connectivity index (χ1n) is 17.7. The summed E-state index contributed by atoms with van der Waals surface area (Å²) in [5.41, 5.74) is 0. The molecule has 0 bridgehead atoms. The first-order valence-corrected chi connectivity index (χ1v) is 17.7. The van der Waals surface area contributed by atoms with Gasteiger partial charge in [0.15, 0.2) is 0 Å². The molecule has 9 nitrogen and oxygen atoms in total. The molecule has 1 aliphatic rings. The van der Waals surface area contributed by atoms with Crippen molar-refractivity contribution in [3.05, 3.63) is 0 Å². The van der Waals surface area contributed by atoms with Gasteiger partial charge in [-0.1, -0.05) is 103 Å². The van der Waals surface area contributed by atoms with Crippen molar-refractivity contribution in [2.75, 3.05) is 46.9 Å². The smallest absolute Gasteiger partial charge is 0.407 e. The molecule has 4 amide bonds. The van der Waals surface area contributed by atoms with Gasteiger partial charge in [0.05, 0.1) is 6.61 Å². The van der Waals surface area contributed by atoms with Crippen molar-refractivity contribution < 1.29 is 19.1 Å². The molecule has 1 saturated heterocycles. The highest BCUT2D eigenvalue weighted by molar-refractivity contribution is 5.75. The summed E-state index contributed by atoms with van der Waals surface area (Å²) in [6, 6.07) is -0.106. The van der Waals surface area contributed by atoms with Crippen LogP contribution in [0, 0.1) is 0 Å². The van der Waals surface area contributed by atoms with Crippen LogP contribution in [0.1, 0.15) is 142 Å². The Hall–Kier alpha value is -2.03. The molecule has 0 aromatic rings. The molecule has 1 rings (SSSR count). The highest BCUT2D eigenvalue weighted by Crippen LogP contribution is 2.21. The maximum atomic E-state index is 13.0. The van der Waals surface area contributed by atoms with Gasteiger partial charge in [0.25, 0.3) is 0 Å². The van der Waals surface area contributed by atoms with Crippen LogP contribution in [0.15, 0.2) is 0 Å². The predicted molar refractivity (Wildman–Crippen MR) is 177 cm³/mol. The Morgan fingerprint density at radius 2 is 1.30 bits per heavy atom. The Morgan fingerprint density at radius 3 is 1.84 bits per heavy atom. The molecule has 1 aliphatic heterocycles. The second kappa shape index (κ2) is 26.4. The van der Waals surface area contributed by atoms with Gasteiger partial charge in [-0.2, -0.15) is 0 Å². The number of piperidine rings is 1. The van der Waals surface area contributed by atoms with Crippen molar-refractivity contribution in [3.8, 4) is 0 Å². The molecule has 43 heavy (non-hydrogen) atoms. The lowest BCUT2D eigenvalue weighted by molar-refractivity contribution is -0.120. The minimum Gasteiger partial charge on any atom is -0.449 e. The average Bonchev–Trinajstić information content (AvgIpc) is 2.96. The third kappa shape index (κ3) is 22.2. The fourth-order valence-electron chi connectivity index (χ4n) is 5.91. The number of likely N-dealkylation sites (tertiary alicyclic amines) is 1. The summed E-state index contributed by atoms with van der Waals surface area (Å²) in [5.74, 6) is -0.0569. The van der Waals surface area contributed by atoms with Gasteiger partial charge >= 0.3 is 12.1 Å². The van der Waals surface area contributed by atoms with Gasteiger partial charge in [-0.25, -0.2) is 9.59 Å². The maximum Gasteiger partial charge on any atom is 0.407 e. The highest BCUT2D eigenvalue weighted by atomic mass is 16.5. The lowest BCUT2D eigenvalue weighted by Crippen LogP contribution is -2.54. The Bertz CT molecular complexity index is 721. The molecular weight excluding hydrogens is 542 g/mol. The molecule has 252 valence electrons. The minimum absolute atomic E-state index is 0.0340. The molecule has 2 atom stereocenters. The van der Waals surface area contributed by atoms with Crippen LogP contribution in [-0.4, -0.2) is 86.8 Å². The number of urea groups is 1. The van der Waals surface area contributed by atoms with Crippen LogP contribution in [0.3, 0.4) is 0 Å². The second-order valence-electron chi connectivity index (χ2n) is 12.8. The van der Waals surface area contributed by atoms with E-state index in [0.717, 1.165) is 32.2 Å². The first-order chi connectivity index (χ1) is 20.8. The van der Waals surface area contributed by atoms with Crippen LogP contribution in [0.4, 0.5) is 9.59 Å². The van der Waals surface area contributed by atoms with Crippen LogP contribution in [0.5, 0.6) is 0 Å². The zero-order valence-corrected chi connectivity index (χ0v) is 28.4. The predicted octanol–water partition coefficient (Wildman–Crippen LogP) is 6.99. The van der Waals surface area contributed by atoms with E-state index in [2.05, 4.69) is 27.8 Å². The second-order valence-corrected chi connectivity index (χ2v) is 12.8. The number of nitrogens with one attached hydrogen (secondary N) is 3. The summed E-state index contributed by atoms with van der Waals surface area (Å²) < 4.78 is 5.38. The van der Waals surface area contributed by atoms with E-state index < -0.39 is 6.09 Å². The number of nitrogens with zero attached hydrogens (tertiary/aromatic N) is 2. The monoisotopic (exact) mass is 610 g/mol. The quantitative estimate of drug-likeness (QED) is 0.0968. The molecule has 2 unspecified atom stereocenters. The van der Waals surface area contributed by atoms with Crippen molar-refractivity contribution in [3.63, 3.8) is 0 Å². The average molecular weight is 610 g/mol. The van der Waals surface area contributed by atoms with Gasteiger partial charge < -0.3 is 30.5 Å². The van der Waals surface area contributed by atoms with Crippen LogP contribution in [0.2, 0.25) is 0 Å². The normalized spacial score (nSPS) is 16.7. The molecule has 0 aromatic carbocycles. The van der Waals surface area contributed by atoms with E-state index in [-0.39, 0.29) is 30.6 Å². The number of hydrogen-bond acceptors (Lipinski definition) is 5. The molecule has 3 N–H and O–H groups in total. The van der Waals surface area contributed by atoms with Gasteiger partial charge in [-0.3, -0.25) is 4.79 Å². The summed E-state index contributed by atoms with van der Waals surface area (Å²) >= 11 is 0. The molecule has 0 aliphatic carbocycles. The van der Waals surface area contributed by atoms with Crippen molar-refractivity contribution in [1.29, 1.82) is 0 Å². The molecule has 1 fully saturated rings. The SMILES string of the molecule is CCCCCCCCCCCCCCCCCCNC(=O)N1CCC(NC(C)=O)CC1CCOC(=O)NCCCN(C)C. The van der Waals surface area contributed by atoms with E-state index in [1.807, 2.05) is 19.0 Å². The lowest BCUT2D eigenvalue weighted by atomic mass is 9.95. The number of hydrogen-bond donors (Lipinski definition) is 3. The standard InChI is InChI=1S/C34H67N5O4/c1-5-6-7-8-9-10-11-12-13-14-15-16-17-18-19-20-24-35-33(41)39-27-22-31(37-30(2)40)29-32(39)23-28-43-34(42)36-25-21-26-38(3)4/h31-32H,5-29H2,1-4H3,(H,35,41)(H,36,42)(H,37,40). The number of alkyl carbamates (subject to hydrolysis) is 1. The van der Waals surface area contributed by atoms with Gasteiger partial charge in [0, 0.05) is 45.1 Å². The van der Waals surface area contributed by atoms with Crippen LogP contribution < -0.4 is 16.0 Å². The Labute approximate surface area is 264 Å². The van der Waals surface area contributed by atoms with E-state index in [4.69, 9.17) is 4.74 Å². The summed E-state index contributed by atoms with van der Waals surface area (Å²) in [6.07, 6.45) is 23.7. The van der Waals surface area contributed by atoms with Gasteiger partial charge in [0.1, 0.15) is 0 Å². The molecular formula is C34H67N5O4. The molecule has 0 saturated carbocycles. The fraction of sp³-hybridized carbons (Fsp3) is 0.912. The first kappa shape index (κ1) is 39.0. The number of carbonyl (C=O) groups is 3. The van der Waals surface area contributed by atoms with Crippen LogP contribution in [-0.2, 0) is 9.53 Å². The summed E-state index contributed by atoms with van der Waals surface area (Å²) in [6.45, 7) is 6.77. The molecule has 0 radical (unpaired) electrons.